The number of carbonyl (C=O) groups excluding carboxylic acids is 1. The van der Waals surface area contributed by atoms with E-state index in [0.717, 1.165) is 26.3 Å². The molecule has 0 bridgehead atoms. The van der Waals surface area contributed by atoms with Crippen LogP contribution >= 0.6 is 0 Å². The second-order valence-corrected chi connectivity index (χ2v) is 7.37. The van der Waals surface area contributed by atoms with Crippen molar-refractivity contribution in [2.45, 2.75) is 51.1 Å². The summed E-state index contributed by atoms with van der Waals surface area (Å²) in [5, 5.41) is 3.30. The van der Waals surface area contributed by atoms with Gasteiger partial charge in [0, 0.05) is 12.0 Å². The normalized spacial score (nSPS) is 22.2. The van der Waals surface area contributed by atoms with Gasteiger partial charge in [-0.2, -0.15) is 0 Å². The molecule has 132 valence electrons. The predicted octanol–water partition coefficient (Wildman–Crippen LogP) is 1.73. The number of carbonyl (C=O) groups is 1. The first-order valence-electron chi connectivity index (χ1n) is 9.50. The molecule has 1 aromatic rings. The summed E-state index contributed by atoms with van der Waals surface area (Å²) in [5.41, 5.74) is 1.31. The molecule has 0 spiro atoms. The summed E-state index contributed by atoms with van der Waals surface area (Å²) in [5.74, 6) is 0.825. The molecule has 1 amide bonds. The van der Waals surface area contributed by atoms with Crippen molar-refractivity contribution in [1.82, 2.24) is 5.32 Å². The Morgan fingerprint density at radius 3 is 2.54 bits per heavy atom. The number of nitrogens with one attached hydrogen (secondary N) is 2. The van der Waals surface area contributed by atoms with Gasteiger partial charge in [-0.15, -0.1) is 0 Å². The molecule has 2 aliphatic rings. The van der Waals surface area contributed by atoms with Crippen molar-refractivity contribution in [3.05, 3.63) is 35.9 Å². The van der Waals surface area contributed by atoms with Crippen LogP contribution in [0.5, 0.6) is 0 Å². The first-order valence-corrected chi connectivity index (χ1v) is 9.50. The van der Waals surface area contributed by atoms with Gasteiger partial charge in [-0.25, -0.2) is 0 Å². The van der Waals surface area contributed by atoms with Crippen LogP contribution < -0.4 is 10.2 Å². The highest BCUT2D eigenvalue weighted by atomic mass is 16.5. The molecule has 24 heavy (non-hydrogen) atoms. The summed E-state index contributed by atoms with van der Waals surface area (Å²) in [6.07, 6.45) is 5.72. The van der Waals surface area contributed by atoms with Crippen LogP contribution in [0.25, 0.3) is 0 Å². The fraction of sp³-hybridized carbons (Fsp3) is 0.650. The van der Waals surface area contributed by atoms with Gasteiger partial charge in [0.15, 0.2) is 0 Å². The minimum Gasteiger partial charge on any atom is -0.370 e. The van der Waals surface area contributed by atoms with Crippen LogP contribution in [0.2, 0.25) is 0 Å². The lowest BCUT2D eigenvalue weighted by Gasteiger charge is -2.35. The van der Waals surface area contributed by atoms with Crippen molar-refractivity contribution >= 4 is 5.91 Å². The maximum Gasteiger partial charge on any atom is 0.220 e. The Morgan fingerprint density at radius 2 is 1.88 bits per heavy atom. The molecule has 2 fully saturated rings. The van der Waals surface area contributed by atoms with E-state index in [-0.39, 0.29) is 11.9 Å². The minimum absolute atomic E-state index is 0.134. The first-order chi connectivity index (χ1) is 11.7. The van der Waals surface area contributed by atoms with Crippen LogP contribution in [-0.2, 0) is 9.53 Å². The molecule has 1 aliphatic carbocycles. The quantitative estimate of drug-likeness (QED) is 0.834. The van der Waals surface area contributed by atoms with Gasteiger partial charge in [0.2, 0.25) is 5.91 Å². The highest BCUT2D eigenvalue weighted by Crippen LogP contribution is 2.27. The van der Waals surface area contributed by atoms with E-state index in [4.69, 9.17) is 4.74 Å². The SMILES string of the molecule is C[C@@H](NC(=O)CC1CCCC1)[C@@H](c1ccccc1)[NH+]1CCOCC1. The van der Waals surface area contributed by atoms with E-state index in [9.17, 15) is 4.79 Å². The molecule has 1 aliphatic heterocycles. The highest BCUT2D eigenvalue weighted by Gasteiger charge is 2.32. The largest absolute Gasteiger partial charge is 0.370 e. The highest BCUT2D eigenvalue weighted by molar-refractivity contribution is 5.76. The molecule has 1 aromatic carbocycles. The third kappa shape index (κ3) is 4.58. The molecule has 4 heteroatoms. The molecule has 0 aromatic heterocycles. The number of morpholine rings is 1. The van der Waals surface area contributed by atoms with Gasteiger partial charge in [0.25, 0.3) is 0 Å². The molecule has 4 nitrogen and oxygen atoms in total. The van der Waals surface area contributed by atoms with Crippen molar-refractivity contribution in [1.29, 1.82) is 0 Å². The Morgan fingerprint density at radius 1 is 1.21 bits per heavy atom. The van der Waals surface area contributed by atoms with Crippen LogP contribution in [0, 0.1) is 5.92 Å². The Bertz CT molecular complexity index is 508. The average Bonchev–Trinajstić information content (AvgIpc) is 3.10. The van der Waals surface area contributed by atoms with Gasteiger partial charge in [-0.05, 0) is 25.7 Å². The van der Waals surface area contributed by atoms with Gasteiger partial charge in [0.1, 0.15) is 19.1 Å². The van der Waals surface area contributed by atoms with E-state index in [2.05, 4.69) is 42.6 Å². The Labute approximate surface area is 145 Å². The first kappa shape index (κ1) is 17.4. The lowest BCUT2D eigenvalue weighted by Crippen LogP contribution is -3.15. The molecule has 2 atom stereocenters. The molecule has 3 rings (SSSR count). The smallest absolute Gasteiger partial charge is 0.220 e. The van der Waals surface area contributed by atoms with E-state index >= 15 is 0 Å². The minimum atomic E-state index is 0.134. The standard InChI is InChI=1S/C20H30N2O2/c1-16(21-19(23)15-17-7-5-6-8-17)20(18-9-3-2-4-10-18)22-11-13-24-14-12-22/h2-4,9-10,16-17,20H,5-8,11-15H2,1H3,(H,21,23)/p+1/t16-,20+/m1/s1. The second-order valence-electron chi connectivity index (χ2n) is 7.37. The summed E-state index contributed by atoms with van der Waals surface area (Å²) in [6, 6.07) is 11.0. The van der Waals surface area contributed by atoms with E-state index in [0.29, 0.717) is 18.4 Å². The monoisotopic (exact) mass is 331 g/mol. The zero-order valence-electron chi connectivity index (χ0n) is 14.8. The summed E-state index contributed by atoms with van der Waals surface area (Å²) in [7, 11) is 0. The molecule has 0 unspecified atom stereocenters. The molecular formula is C20H31N2O2+. The Hall–Kier alpha value is -1.39. The number of hydrogen-bond donors (Lipinski definition) is 2. The molecule has 1 saturated heterocycles. The summed E-state index contributed by atoms with van der Waals surface area (Å²) < 4.78 is 5.53. The topological polar surface area (TPSA) is 42.8 Å². The molecule has 1 saturated carbocycles. The average molecular weight is 331 g/mol. The Kier molecular flexibility index (Phi) is 6.27. The number of quaternary nitrogens is 1. The zero-order chi connectivity index (χ0) is 16.8. The van der Waals surface area contributed by atoms with Crippen molar-refractivity contribution in [3.63, 3.8) is 0 Å². The lowest BCUT2D eigenvalue weighted by atomic mass is 9.97. The molecule has 0 radical (unpaired) electrons. The molecule has 1 heterocycles. The van der Waals surface area contributed by atoms with Gasteiger partial charge >= 0.3 is 0 Å². The number of amides is 1. The van der Waals surface area contributed by atoms with Gasteiger partial charge in [-0.3, -0.25) is 4.79 Å². The number of ether oxygens (including phenoxy) is 1. The number of rotatable bonds is 6. The third-order valence-electron chi connectivity index (χ3n) is 5.57. The summed E-state index contributed by atoms with van der Waals surface area (Å²) in [4.78, 5) is 14.0. The van der Waals surface area contributed by atoms with Crippen LogP contribution in [-0.4, -0.2) is 38.3 Å². The Balaban J connectivity index is 1.65. The maximum atomic E-state index is 12.5. The summed E-state index contributed by atoms with van der Waals surface area (Å²) in [6.45, 7) is 5.78. The zero-order valence-corrected chi connectivity index (χ0v) is 14.8. The van der Waals surface area contributed by atoms with Gasteiger partial charge in [0.05, 0.1) is 19.3 Å². The molecule has 2 N–H and O–H groups in total. The van der Waals surface area contributed by atoms with E-state index < -0.39 is 0 Å². The molecular weight excluding hydrogens is 300 g/mol. The van der Waals surface area contributed by atoms with E-state index in [1.807, 2.05) is 0 Å². The van der Waals surface area contributed by atoms with Crippen molar-refractivity contribution in [2.75, 3.05) is 26.3 Å². The second kappa shape index (κ2) is 8.63. The van der Waals surface area contributed by atoms with Crippen LogP contribution in [0.4, 0.5) is 0 Å². The van der Waals surface area contributed by atoms with E-state index in [1.54, 1.807) is 0 Å². The van der Waals surface area contributed by atoms with Gasteiger partial charge < -0.3 is 15.0 Å². The van der Waals surface area contributed by atoms with E-state index in [1.165, 1.54) is 36.1 Å². The van der Waals surface area contributed by atoms with Gasteiger partial charge in [-0.1, -0.05) is 43.2 Å². The van der Waals surface area contributed by atoms with Crippen molar-refractivity contribution in [3.8, 4) is 0 Å². The fourth-order valence-corrected chi connectivity index (χ4v) is 4.36. The van der Waals surface area contributed by atoms with Crippen LogP contribution in [0.15, 0.2) is 30.3 Å². The van der Waals surface area contributed by atoms with Crippen LogP contribution in [0.3, 0.4) is 0 Å². The van der Waals surface area contributed by atoms with Crippen molar-refractivity contribution in [2.24, 2.45) is 5.92 Å². The summed E-state index contributed by atoms with van der Waals surface area (Å²) >= 11 is 0. The fourth-order valence-electron chi connectivity index (χ4n) is 4.36. The van der Waals surface area contributed by atoms with Crippen LogP contribution in [0.1, 0.15) is 50.6 Å². The third-order valence-corrected chi connectivity index (χ3v) is 5.57. The number of benzene rings is 1. The number of hydrogen-bond acceptors (Lipinski definition) is 2. The maximum absolute atomic E-state index is 12.5. The predicted molar refractivity (Wildman–Crippen MR) is 94.9 cm³/mol. The van der Waals surface area contributed by atoms with Crippen molar-refractivity contribution < 1.29 is 14.4 Å². The lowest BCUT2D eigenvalue weighted by molar-refractivity contribution is -0.940.